The molecule has 4 nitrogen and oxygen atoms in total. The van der Waals surface area contributed by atoms with Crippen LogP contribution < -0.4 is 10.3 Å². The van der Waals surface area contributed by atoms with Crippen molar-refractivity contribution in [1.29, 1.82) is 0 Å². The summed E-state index contributed by atoms with van der Waals surface area (Å²) < 4.78 is 8.24. The number of ether oxygens (including phenoxy) is 1. The summed E-state index contributed by atoms with van der Waals surface area (Å²) in [5.41, 5.74) is 2.75. The van der Waals surface area contributed by atoms with Crippen molar-refractivity contribution >= 4 is 32.8 Å². The van der Waals surface area contributed by atoms with Gasteiger partial charge in [-0.25, -0.2) is 0 Å². The molecule has 0 aliphatic carbocycles. The van der Waals surface area contributed by atoms with Gasteiger partial charge in [0.1, 0.15) is 5.75 Å². The molecule has 3 aromatic carbocycles. The van der Waals surface area contributed by atoms with E-state index in [-0.39, 0.29) is 23.9 Å². The summed E-state index contributed by atoms with van der Waals surface area (Å²) in [6.07, 6.45) is 0.131. The Morgan fingerprint density at radius 3 is 2.45 bits per heavy atom. The summed E-state index contributed by atoms with van der Waals surface area (Å²) in [6, 6.07) is 24.8. The maximum atomic E-state index is 13.8. The molecule has 0 amide bonds. The van der Waals surface area contributed by atoms with Gasteiger partial charge in [0.25, 0.3) is 5.56 Å². The molecule has 0 N–H and O–H groups in total. The molecule has 29 heavy (non-hydrogen) atoms. The molecule has 0 fully saturated rings. The molecule has 5 heteroatoms. The molecule has 2 heterocycles. The SMILES string of the molecule is O=C1CC(c2cccc(Br)c2)c2c(c3ccccc3n(-c3ccccc3)c2=O)O1. The van der Waals surface area contributed by atoms with Crippen molar-refractivity contribution in [3.63, 3.8) is 0 Å². The van der Waals surface area contributed by atoms with E-state index < -0.39 is 0 Å². The molecule has 0 bridgehead atoms. The number of carbonyl (C=O) groups excluding carboxylic acids is 1. The fourth-order valence-corrected chi connectivity index (χ4v) is 4.43. The van der Waals surface area contributed by atoms with Gasteiger partial charge in [-0.3, -0.25) is 14.2 Å². The zero-order valence-corrected chi connectivity index (χ0v) is 16.9. The van der Waals surface area contributed by atoms with Crippen molar-refractivity contribution in [3.8, 4) is 11.4 Å². The summed E-state index contributed by atoms with van der Waals surface area (Å²) in [4.78, 5) is 26.2. The lowest BCUT2D eigenvalue weighted by molar-refractivity contribution is -0.135. The number of rotatable bonds is 2. The number of carbonyl (C=O) groups is 1. The third kappa shape index (κ3) is 2.98. The van der Waals surface area contributed by atoms with E-state index in [0.717, 1.165) is 21.1 Å². The first-order chi connectivity index (χ1) is 14.1. The van der Waals surface area contributed by atoms with Gasteiger partial charge >= 0.3 is 5.97 Å². The molecular formula is C24H16BrNO3. The maximum Gasteiger partial charge on any atom is 0.312 e. The van der Waals surface area contributed by atoms with Gasteiger partial charge in [0.05, 0.1) is 17.5 Å². The minimum atomic E-state index is -0.365. The summed E-state index contributed by atoms with van der Waals surface area (Å²) >= 11 is 3.49. The number of aromatic nitrogens is 1. The van der Waals surface area contributed by atoms with Crippen LogP contribution in [0.2, 0.25) is 0 Å². The first-order valence-electron chi connectivity index (χ1n) is 9.32. The third-order valence-corrected chi connectivity index (χ3v) is 5.76. The lowest BCUT2D eigenvalue weighted by atomic mass is 9.86. The lowest BCUT2D eigenvalue weighted by Gasteiger charge is -2.27. The highest BCUT2D eigenvalue weighted by Crippen LogP contribution is 2.41. The number of pyridine rings is 1. The van der Waals surface area contributed by atoms with Gasteiger partial charge in [-0.2, -0.15) is 0 Å². The summed E-state index contributed by atoms with van der Waals surface area (Å²) in [5.74, 6) is -0.320. The van der Waals surface area contributed by atoms with Crippen LogP contribution in [0.4, 0.5) is 0 Å². The van der Waals surface area contributed by atoms with E-state index in [0.29, 0.717) is 16.8 Å². The van der Waals surface area contributed by atoms with Crippen LogP contribution in [0.1, 0.15) is 23.5 Å². The molecule has 5 rings (SSSR count). The Morgan fingerprint density at radius 2 is 1.66 bits per heavy atom. The smallest absolute Gasteiger partial charge is 0.312 e. The number of esters is 1. The number of benzene rings is 3. The second-order valence-corrected chi connectivity index (χ2v) is 7.94. The summed E-state index contributed by atoms with van der Waals surface area (Å²) in [5, 5.41) is 0.749. The van der Waals surface area contributed by atoms with Gasteiger partial charge in [-0.15, -0.1) is 0 Å². The van der Waals surface area contributed by atoms with E-state index >= 15 is 0 Å². The van der Waals surface area contributed by atoms with Crippen LogP contribution in [-0.4, -0.2) is 10.5 Å². The van der Waals surface area contributed by atoms with Crippen LogP contribution in [0.15, 0.2) is 88.1 Å². The molecule has 142 valence electrons. The van der Waals surface area contributed by atoms with Crippen LogP contribution in [0.5, 0.6) is 5.75 Å². The largest absolute Gasteiger partial charge is 0.425 e. The van der Waals surface area contributed by atoms with Gasteiger partial charge in [-0.1, -0.05) is 58.4 Å². The topological polar surface area (TPSA) is 48.3 Å². The highest BCUT2D eigenvalue weighted by Gasteiger charge is 2.34. The van der Waals surface area contributed by atoms with Gasteiger partial charge in [0, 0.05) is 21.5 Å². The van der Waals surface area contributed by atoms with Crippen molar-refractivity contribution in [1.82, 2.24) is 4.57 Å². The van der Waals surface area contributed by atoms with Gasteiger partial charge in [-0.05, 0) is 42.0 Å². The fourth-order valence-electron chi connectivity index (χ4n) is 4.02. The number of para-hydroxylation sites is 2. The number of hydrogen-bond acceptors (Lipinski definition) is 3. The zero-order valence-electron chi connectivity index (χ0n) is 15.3. The van der Waals surface area contributed by atoms with Crippen LogP contribution >= 0.6 is 15.9 Å². The Morgan fingerprint density at radius 1 is 0.897 bits per heavy atom. The minimum absolute atomic E-state index is 0.131. The molecule has 0 saturated carbocycles. The van der Waals surface area contributed by atoms with Crippen molar-refractivity contribution in [2.75, 3.05) is 0 Å². The highest BCUT2D eigenvalue weighted by atomic mass is 79.9. The molecule has 1 aromatic heterocycles. The average Bonchev–Trinajstić information content (AvgIpc) is 2.74. The molecule has 4 aromatic rings. The average molecular weight is 446 g/mol. The number of halogens is 1. The molecule has 0 saturated heterocycles. The molecular weight excluding hydrogens is 430 g/mol. The molecule has 0 radical (unpaired) electrons. The quantitative estimate of drug-likeness (QED) is 0.398. The number of nitrogens with zero attached hydrogens (tertiary/aromatic N) is 1. The lowest BCUT2D eigenvalue weighted by Crippen LogP contribution is -2.32. The van der Waals surface area contributed by atoms with Gasteiger partial charge in [0.2, 0.25) is 0 Å². The van der Waals surface area contributed by atoms with E-state index in [2.05, 4.69) is 15.9 Å². The zero-order chi connectivity index (χ0) is 20.0. The normalized spacial score (nSPS) is 15.8. The first-order valence-corrected chi connectivity index (χ1v) is 10.1. The number of fused-ring (bicyclic) bond motifs is 3. The van der Waals surface area contributed by atoms with Gasteiger partial charge < -0.3 is 4.74 Å². The van der Waals surface area contributed by atoms with E-state index in [1.807, 2.05) is 78.9 Å². The number of hydrogen-bond donors (Lipinski definition) is 0. The molecule has 1 aliphatic heterocycles. The molecule has 0 spiro atoms. The van der Waals surface area contributed by atoms with Crippen molar-refractivity contribution in [3.05, 3.63) is 105 Å². The second kappa shape index (κ2) is 7.01. The Hall–Kier alpha value is -3.18. The van der Waals surface area contributed by atoms with Crippen LogP contribution in [0.3, 0.4) is 0 Å². The molecule has 1 atom stereocenters. The predicted octanol–water partition coefficient (Wildman–Crippen LogP) is 5.19. The molecule has 1 aliphatic rings. The minimum Gasteiger partial charge on any atom is -0.425 e. The Labute approximate surface area is 175 Å². The maximum absolute atomic E-state index is 13.8. The Balaban J connectivity index is 1.89. The fraction of sp³-hybridized carbons (Fsp3) is 0.0833. The van der Waals surface area contributed by atoms with Crippen molar-refractivity contribution in [2.45, 2.75) is 12.3 Å². The van der Waals surface area contributed by atoms with E-state index in [1.165, 1.54) is 0 Å². The van der Waals surface area contributed by atoms with Crippen molar-refractivity contribution in [2.24, 2.45) is 0 Å². The van der Waals surface area contributed by atoms with E-state index in [1.54, 1.807) is 4.57 Å². The van der Waals surface area contributed by atoms with Gasteiger partial charge in [0.15, 0.2) is 0 Å². The van der Waals surface area contributed by atoms with E-state index in [4.69, 9.17) is 4.74 Å². The molecule has 1 unspecified atom stereocenters. The van der Waals surface area contributed by atoms with E-state index in [9.17, 15) is 9.59 Å². The Kier molecular flexibility index (Phi) is 4.32. The summed E-state index contributed by atoms with van der Waals surface area (Å²) in [7, 11) is 0. The summed E-state index contributed by atoms with van der Waals surface area (Å²) in [6.45, 7) is 0. The van der Waals surface area contributed by atoms with Crippen molar-refractivity contribution < 1.29 is 9.53 Å². The third-order valence-electron chi connectivity index (χ3n) is 5.27. The first kappa shape index (κ1) is 17.9. The second-order valence-electron chi connectivity index (χ2n) is 7.02. The Bertz CT molecular complexity index is 1310. The highest BCUT2D eigenvalue weighted by molar-refractivity contribution is 9.10. The van der Waals surface area contributed by atoms with Crippen LogP contribution in [0.25, 0.3) is 16.6 Å². The monoisotopic (exact) mass is 445 g/mol. The predicted molar refractivity (Wildman–Crippen MR) is 116 cm³/mol. The standard InChI is InChI=1S/C24H16BrNO3/c25-16-8-6-7-15(13-16)19-14-21(27)29-23-18-11-4-5-12-20(18)26(24(28)22(19)23)17-9-2-1-3-10-17/h1-13,19H,14H2. The van der Waals surface area contributed by atoms with Crippen LogP contribution in [-0.2, 0) is 4.79 Å². The van der Waals surface area contributed by atoms with Crippen LogP contribution in [0, 0.1) is 0 Å².